The average Bonchev–Trinajstić information content (AvgIpc) is 3.75. The topological polar surface area (TPSA) is 9.86 Å². The number of hydrogen-bond donors (Lipinski definition) is 0. The maximum absolute atomic E-state index is 2.42. The fourth-order valence-corrected chi connectivity index (χ4v) is 7.86. The summed E-state index contributed by atoms with van der Waals surface area (Å²) in [5, 5.41) is 5.31. The molecule has 6 aromatic carbocycles. The highest BCUT2D eigenvalue weighted by molar-refractivity contribution is 6.09. The van der Waals surface area contributed by atoms with Crippen molar-refractivity contribution < 1.29 is 0 Å². The lowest BCUT2D eigenvalue weighted by molar-refractivity contribution is 0.827. The van der Waals surface area contributed by atoms with Gasteiger partial charge in [0.1, 0.15) is 0 Å². The van der Waals surface area contributed by atoms with Crippen molar-refractivity contribution in [3.63, 3.8) is 0 Å². The molecule has 8 aromatic rings. The second kappa shape index (κ2) is 11.0. The molecule has 2 nitrogen and oxygen atoms in total. The summed E-state index contributed by atoms with van der Waals surface area (Å²) in [5.74, 6) is 0. The number of fused-ring (bicyclic) bond motifs is 9. The van der Waals surface area contributed by atoms with Crippen molar-refractivity contribution in [2.24, 2.45) is 0 Å². The average molecular weight is 605 g/mol. The fraction of sp³-hybridized carbons (Fsp3) is 0.111. The van der Waals surface area contributed by atoms with E-state index in [0.29, 0.717) is 0 Å². The Labute approximate surface area is 275 Å². The molecule has 2 heteroatoms. The van der Waals surface area contributed by atoms with Gasteiger partial charge < -0.3 is 9.13 Å². The Morgan fingerprint density at radius 3 is 1.26 bits per heavy atom. The molecule has 9 rings (SSSR count). The number of rotatable bonds is 6. The molecule has 0 bridgehead atoms. The Bertz CT molecular complexity index is 2390. The largest absolute Gasteiger partial charge is 0.341 e. The van der Waals surface area contributed by atoms with E-state index in [2.05, 4.69) is 169 Å². The number of aryl methyl sites for hydroxylation is 2. The minimum absolute atomic E-state index is 0.959. The Hall–Kier alpha value is -5.60. The predicted molar refractivity (Wildman–Crippen MR) is 203 cm³/mol. The van der Waals surface area contributed by atoms with Crippen LogP contribution in [0.3, 0.4) is 0 Å². The molecular weight excluding hydrogens is 569 g/mol. The standard InChI is InChI=1S/C45H36N2/c1-3-46-42-11-7-5-9-38(42)40-23-19-32(27-44(40)46)15-13-30-17-21-36-34(25-30)29-35-26-31(18-22-37(35)36)14-16-33-20-24-41-39-10-6-8-12-43(39)47(4-2)45(41)28-33/h5-28H,3-4,29H2,1-2H3. The summed E-state index contributed by atoms with van der Waals surface area (Å²) in [6.45, 7) is 6.37. The van der Waals surface area contributed by atoms with E-state index in [1.165, 1.54) is 88.1 Å². The van der Waals surface area contributed by atoms with E-state index in [-0.39, 0.29) is 0 Å². The molecule has 0 aliphatic heterocycles. The van der Waals surface area contributed by atoms with Crippen molar-refractivity contribution in [2.45, 2.75) is 33.4 Å². The molecule has 0 saturated carbocycles. The van der Waals surface area contributed by atoms with Crippen molar-refractivity contribution in [1.29, 1.82) is 0 Å². The van der Waals surface area contributed by atoms with Gasteiger partial charge in [0.2, 0.25) is 0 Å². The number of para-hydroxylation sites is 2. The first kappa shape index (κ1) is 27.7. The molecule has 0 radical (unpaired) electrons. The summed E-state index contributed by atoms with van der Waals surface area (Å²) in [4.78, 5) is 0. The number of hydrogen-bond acceptors (Lipinski definition) is 0. The van der Waals surface area contributed by atoms with Crippen LogP contribution in [0, 0.1) is 0 Å². The predicted octanol–water partition coefficient (Wildman–Crippen LogP) is 11.9. The van der Waals surface area contributed by atoms with Crippen molar-refractivity contribution in [2.75, 3.05) is 0 Å². The van der Waals surface area contributed by atoms with E-state index in [1.54, 1.807) is 0 Å². The molecule has 1 aliphatic rings. The Morgan fingerprint density at radius 1 is 0.426 bits per heavy atom. The van der Waals surface area contributed by atoms with E-state index in [9.17, 15) is 0 Å². The molecular formula is C45H36N2. The molecule has 0 N–H and O–H groups in total. The minimum atomic E-state index is 0.959. The van der Waals surface area contributed by atoms with Gasteiger partial charge in [-0.05, 0) is 89.0 Å². The van der Waals surface area contributed by atoms with Gasteiger partial charge in [-0.1, -0.05) is 121 Å². The van der Waals surface area contributed by atoms with Crippen LogP contribution in [-0.4, -0.2) is 9.13 Å². The van der Waals surface area contributed by atoms with Crippen molar-refractivity contribution in [3.05, 3.63) is 155 Å². The van der Waals surface area contributed by atoms with Crippen LogP contribution in [0.5, 0.6) is 0 Å². The van der Waals surface area contributed by atoms with E-state index in [4.69, 9.17) is 0 Å². The molecule has 0 spiro atoms. The first-order valence-corrected chi connectivity index (χ1v) is 16.8. The van der Waals surface area contributed by atoms with Crippen LogP contribution in [0.1, 0.15) is 47.2 Å². The van der Waals surface area contributed by atoms with Crippen LogP contribution < -0.4 is 0 Å². The summed E-state index contributed by atoms with van der Waals surface area (Å²) in [6.07, 6.45) is 9.99. The summed E-state index contributed by atoms with van der Waals surface area (Å²) in [7, 11) is 0. The molecule has 226 valence electrons. The van der Waals surface area contributed by atoms with Crippen LogP contribution in [0.4, 0.5) is 0 Å². The molecule has 1 aliphatic carbocycles. The zero-order valence-electron chi connectivity index (χ0n) is 26.9. The van der Waals surface area contributed by atoms with Gasteiger partial charge in [0.05, 0.1) is 0 Å². The smallest absolute Gasteiger partial charge is 0.0497 e. The van der Waals surface area contributed by atoms with E-state index in [0.717, 1.165) is 19.5 Å². The second-order valence-electron chi connectivity index (χ2n) is 12.8. The van der Waals surface area contributed by atoms with Crippen LogP contribution in [-0.2, 0) is 19.5 Å². The number of benzene rings is 6. The fourth-order valence-electron chi connectivity index (χ4n) is 7.86. The SMILES string of the molecule is CCn1c2ccccc2c2ccc(C=Cc3ccc4c(c3)Cc3cc(C=Cc5ccc6c7ccccc7n(CC)c6c5)ccc3-4)cc21. The lowest BCUT2D eigenvalue weighted by Gasteiger charge is -2.04. The number of aromatic nitrogens is 2. The van der Waals surface area contributed by atoms with Gasteiger partial charge in [0, 0.05) is 56.7 Å². The molecule has 0 unspecified atom stereocenters. The highest BCUT2D eigenvalue weighted by atomic mass is 15.0. The van der Waals surface area contributed by atoms with Crippen LogP contribution in [0.25, 0.3) is 79.0 Å². The Kier molecular flexibility index (Phi) is 6.50. The van der Waals surface area contributed by atoms with Gasteiger partial charge in [0.15, 0.2) is 0 Å². The minimum Gasteiger partial charge on any atom is -0.341 e. The highest BCUT2D eigenvalue weighted by Gasteiger charge is 2.18. The molecule has 47 heavy (non-hydrogen) atoms. The van der Waals surface area contributed by atoms with Crippen LogP contribution >= 0.6 is 0 Å². The molecule has 2 aromatic heterocycles. The third-order valence-corrected chi connectivity index (χ3v) is 10.1. The van der Waals surface area contributed by atoms with Gasteiger partial charge >= 0.3 is 0 Å². The van der Waals surface area contributed by atoms with Gasteiger partial charge in [0.25, 0.3) is 0 Å². The third kappa shape index (κ3) is 4.55. The zero-order chi connectivity index (χ0) is 31.5. The molecule has 0 fully saturated rings. The van der Waals surface area contributed by atoms with Crippen molar-refractivity contribution >= 4 is 67.9 Å². The first-order valence-electron chi connectivity index (χ1n) is 16.8. The monoisotopic (exact) mass is 604 g/mol. The van der Waals surface area contributed by atoms with Gasteiger partial charge in [-0.15, -0.1) is 0 Å². The van der Waals surface area contributed by atoms with Crippen LogP contribution in [0.15, 0.2) is 121 Å². The highest BCUT2D eigenvalue weighted by Crippen LogP contribution is 2.38. The maximum Gasteiger partial charge on any atom is 0.0497 e. The molecule has 0 saturated heterocycles. The molecule has 2 heterocycles. The summed E-state index contributed by atoms with van der Waals surface area (Å²) in [6, 6.07) is 45.0. The van der Waals surface area contributed by atoms with E-state index >= 15 is 0 Å². The zero-order valence-corrected chi connectivity index (χ0v) is 26.9. The van der Waals surface area contributed by atoms with Crippen molar-refractivity contribution in [1.82, 2.24) is 9.13 Å². The van der Waals surface area contributed by atoms with E-state index in [1.807, 2.05) is 0 Å². The summed E-state index contributed by atoms with van der Waals surface area (Å²) < 4.78 is 4.84. The molecule has 0 atom stereocenters. The second-order valence-corrected chi connectivity index (χ2v) is 12.8. The lowest BCUT2D eigenvalue weighted by atomic mass is 10.0. The quantitative estimate of drug-likeness (QED) is 0.167. The summed E-state index contributed by atoms with van der Waals surface area (Å²) >= 11 is 0. The lowest BCUT2D eigenvalue weighted by Crippen LogP contribution is -1.92. The first-order chi connectivity index (χ1) is 23.2. The maximum atomic E-state index is 2.42. The Balaban J connectivity index is 0.960. The van der Waals surface area contributed by atoms with Gasteiger partial charge in [-0.2, -0.15) is 0 Å². The molecule has 0 amide bonds. The normalized spacial score (nSPS) is 12.8. The Morgan fingerprint density at radius 2 is 0.809 bits per heavy atom. The van der Waals surface area contributed by atoms with Crippen molar-refractivity contribution in [3.8, 4) is 11.1 Å². The van der Waals surface area contributed by atoms with Crippen LogP contribution in [0.2, 0.25) is 0 Å². The van der Waals surface area contributed by atoms with Gasteiger partial charge in [-0.25, -0.2) is 0 Å². The summed E-state index contributed by atoms with van der Waals surface area (Å²) in [5.41, 5.74) is 15.7. The van der Waals surface area contributed by atoms with E-state index < -0.39 is 0 Å². The number of nitrogens with zero attached hydrogens (tertiary/aromatic N) is 2. The van der Waals surface area contributed by atoms with Gasteiger partial charge in [-0.3, -0.25) is 0 Å². The third-order valence-electron chi connectivity index (χ3n) is 10.1.